The molecule has 0 bridgehead atoms. The van der Waals surface area contributed by atoms with Gasteiger partial charge in [-0.05, 0) is 11.4 Å². The fraction of sp³-hybridized carbons (Fsp3) is 0.100. The van der Waals surface area contributed by atoms with E-state index in [0.717, 1.165) is 9.88 Å². The van der Waals surface area contributed by atoms with Crippen LogP contribution in [-0.4, -0.2) is 23.4 Å². The van der Waals surface area contributed by atoms with Crippen LogP contribution < -0.4 is 11.2 Å². The van der Waals surface area contributed by atoms with E-state index in [2.05, 4.69) is 15.3 Å². The van der Waals surface area contributed by atoms with Crippen LogP contribution >= 0.6 is 22.7 Å². The summed E-state index contributed by atoms with van der Waals surface area (Å²) in [5, 5.41) is 4.33. The number of aromatic nitrogens is 1. The number of rotatable bonds is 5. The molecule has 0 saturated carbocycles. The fourth-order valence-electron chi connectivity index (χ4n) is 1.12. The fourth-order valence-corrected chi connectivity index (χ4v) is 2.73. The number of nitrogens with two attached hydrogens (primary N) is 1. The summed E-state index contributed by atoms with van der Waals surface area (Å²) in [5.41, 5.74) is 7.20. The highest BCUT2D eigenvalue weighted by Gasteiger charge is 2.12. The Kier molecular flexibility index (Phi) is 4.03. The van der Waals surface area contributed by atoms with Crippen molar-refractivity contribution in [2.75, 3.05) is 6.61 Å². The lowest BCUT2D eigenvalue weighted by atomic mass is 10.4. The maximum atomic E-state index is 11.6. The summed E-state index contributed by atoms with van der Waals surface area (Å²) < 4.78 is 0. The minimum absolute atomic E-state index is 0.243. The molecular weight excluding hydrogens is 274 g/mol. The smallest absolute Gasteiger partial charge is 0.294 e. The van der Waals surface area contributed by atoms with Gasteiger partial charge in [-0.2, -0.15) is 0 Å². The maximum absolute atomic E-state index is 11.6. The summed E-state index contributed by atoms with van der Waals surface area (Å²) in [6, 6.07) is 3.84. The molecule has 0 aliphatic carbocycles. The summed E-state index contributed by atoms with van der Waals surface area (Å²) >= 11 is 2.91. The van der Waals surface area contributed by atoms with Gasteiger partial charge in [-0.1, -0.05) is 6.07 Å². The number of hydroxylamine groups is 1. The first kappa shape index (κ1) is 12.7. The van der Waals surface area contributed by atoms with Gasteiger partial charge in [-0.15, -0.1) is 22.7 Å². The average Bonchev–Trinajstić information content (AvgIpc) is 2.99. The Hall–Kier alpha value is -1.77. The van der Waals surface area contributed by atoms with Crippen LogP contribution in [0.5, 0.6) is 0 Å². The van der Waals surface area contributed by atoms with Crippen molar-refractivity contribution < 1.29 is 14.4 Å². The Labute approximate surface area is 110 Å². The van der Waals surface area contributed by atoms with Crippen molar-refractivity contribution in [2.45, 2.75) is 0 Å². The molecule has 0 fully saturated rings. The number of nitrogens with one attached hydrogen (secondary N) is 1. The molecule has 0 unspecified atom stereocenters. The van der Waals surface area contributed by atoms with Gasteiger partial charge in [0.15, 0.2) is 6.61 Å². The van der Waals surface area contributed by atoms with Crippen LogP contribution in [0.25, 0.3) is 9.88 Å². The average molecular weight is 283 g/mol. The number of hydrogen-bond donors (Lipinski definition) is 2. The first-order valence-corrected chi connectivity index (χ1v) is 6.62. The zero-order valence-corrected chi connectivity index (χ0v) is 10.7. The van der Waals surface area contributed by atoms with E-state index in [0.29, 0.717) is 0 Å². The minimum atomic E-state index is -0.659. The second kappa shape index (κ2) is 5.71. The molecule has 0 spiro atoms. The van der Waals surface area contributed by atoms with Crippen LogP contribution in [0.2, 0.25) is 0 Å². The predicted octanol–water partition coefficient (Wildman–Crippen LogP) is 1.02. The SMILES string of the molecule is NC(=O)CONC(=O)c1csc(-c2cccs2)n1. The quantitative estimate of drug-likeness (QED) is 0.801. The zero-order valence-electron chi connectivity index (χ0n) is 9.08. The third-order valence-corrected chi connectivity index (χ3v) is 3.73. The number of carbonyl (C=O) groups excluding carboxylic acids is 2. The van der Waals surface area contributed by atoms with E-state index in [9.17, 15) is 9.59 Å². The Morgan fingerprint density at radius 1 is 1.44 bits per heavy atom. The molecule has 2 rings (SSSR count). The summed E-state index contributed by atoms with van der Waals surface area (Å²) in [6.45, 7) is -0.367. The van der Waals surface area contributed by atoms with Crippen LogP contribution in [0.3, 0.4) is 0 Å². The largest absolute Gasteiger partial charge is 0.368 e. The number of primary amides is 1. The molecule has 2 heterocycles. The standard InChI is InChI=1S/C10H9N3O3S2/c11-8(14)4-16-13-9(15)6-5-18-10(12-6)7-2-1-3-17-7/h1-3,5H,4H2,(H2,11,14)(H,13,15). The number of nitrogens with zero attached hydrogens (tertiary/aromatic N) is 1. The van der Waals surface area contributed by atoms with Gasteiger partial charge in [0.05, 0.1) is 4.88 Å². The Balaban J connectivity index is 1.97. The lowest BCUT2D eigenvalue weighted by molar-refractivity contribution is -0.124. The van der Waals surface area contributed by atoms with Crippen LogP contribution in [-0.2, 0) is 9.63 Å². The van der Waals surface area contributed by atoms with Gasteiger partial charge in [-0.25, -0.2) is 10.5 Å². The molecule has 0 saturated heterocycles. The van der Waals surface area contributed by atoms with Gasteiger partial charge >= 0.3 is 0 Å². The van der Waals surface area contributed by atoms with Crippen molar-refractivity contribution in [1.29, 1.82) is 0 Å². The first-order chi connectivity index (χ1) is 8.66. The summed E-state index contributed by atoms with van der Waals surface area (Å²) in [7, 11) is 0. The second-order valence-electron chi connectivity index (χ2n) is 3.20. The molecule has 94 valence electrons. The predicted molar refractivity (Wildman–Crippen MR) is 68.0 cm³/mol. The van der Waals surface area contributed by atoms with Gasteiger partial charge in [-0.3, -0.25) is 14.4 Å². The van der Waals surface area contributed by atoms with E-state index < -0.39 is 11.8 Å². The summed E-state index contributed by atoms with van der Waals surface area (Å²) in [6.07, 6.45) is 0. The topological polar surface area (TPSA) is 94.3 Å². The van der Waals surface area contributed by atoms with Crippen LogP contribution in [0.4, 0.5) is 0 Å². The van der Waals surface area contributed by atoms with Crippen molar-refractivity contribution >= 4 is 34.5 Å². The van der Waals surface area contributed by atoms with Crippen molar-refractivity contribution in [3.8, 4) is 9.88 Å². The van der Waals surface area contributed by atoms with Gasteiger partial charge in [0.25, 0.3) is 5.91 Å². The zero-order chi connectivity index (χ0) is 13.0. The number of carbonyl (C=O) groups is 2. The molecule has 3 N–H and O–H groups in total. The third-order valence-electron chi connectivity index (χ3n) is 1.85. The third kappa shape index (κ3) is 3.13. The first-order valence-electron chi connectivity index (χ1n) is 4.86. The molecule has 2 aromatic rings. The van der Waals surface area contributed by atoms with E-state index >= 15 is 0 Å². The number of hydrogen-bond acceptors (Lipinski definition) is 6. The van der Waals surface area contributed by atoms with Crippen molar-refractivity contribution in [1.82, 2.24) is 10.5 Å². The van der Waals surface area contributed by atoms with Crippen molar-refractivity contribution in [3.63, 3.8) is 0 Å². The monoisotopic (exact) mass is 283 g/mol. The minimum Gasteiger partial charge on any atom is -0.368 e. The molecule has 18 heavy (non-hydrogen) atoms. The van der Waals surface area contributed by atoms with Crippen LogP contribution in [0.15, 0.2) is 22.9 Å². The lowest BCUT2D eigenvalue weighted by Gasteiger charge is -2.00. The van der Waals surface area contributed by atoms with E-state index in [1.807, 2.05) is 17.5 Å². The van der Waals surface area contributed by atoms with E-state index in [1.165, 1.54) is 11.3 Å². The second-order valence-corrected chi connectivity index (χ2v) is 5.01. The molecule has 0 aliphatic heterocycles. The molecule has 0 atom stereocenters. The molecule has 2 amide bonds. The van der Waals surface area contributed by atoms with Gasteiger partial charge in [0.2, 0.25) is 5.91 Å². The van der Waals surface area contributed by atoms with Gasteiger partial charge in [0.1, 0.15) is 10.7 Å². The van der Waals surface area contributed by atoms with E-state index in [-0.39, 0.29) is 12.3 Å². The number of thiophene rings is 1. The van der Waals surface area contributed by atoms with Crippen molar-refractivity contribution in [3.05, 3.63) is 28.6 Å². The van der Waals surface area contributed by atoms with E-state index in [1.54, 1.807) is 16.7 Å². The Bertz CT molecular complexity index is 550. The highest BCUT2D eigenvalue weighted by atomic mass is 32.1. The molecule has 0 aromatic carbocycles. The molecule has 0 aliphatic rings. The van der Waals surface area contributed by atoms with Gasteiger partial charge in [0, 0.05) is 5.38 Å². The summed E-state index contributed by atoms with van der Waals surface area (Å²) in [4.78, 5) is 31.8. The van der Waals surface area contributed by atoms with Crippen LogP contribution in [0.1, 0.15) is 10.5 Å². The Morgan fingerprint density at radius 3 is 2.94 bits per heavy atom. The number of thiazole rings is 1. The van der Waals surface area contributed by atoms with E-state index in [4.69, 9.17) is 5.73 Å². The molecular formula is C10H9N3O3S2. The lowest BCUT2D eigenvalue weighted by Crippen LogP contribution is -2.29. The Morgan fingerprint density at radius 2 is 2.28 bits per heavy atom. The van der Waals surface area contributed by atoms with Crippen LogP contribution in [0, 0.1) is 0 Å². The highest BCUT2D eigenvalue weighted by molar-refractivity contribution is 7.20. The molecule has 0 radical (unpaired) electrons. The molecule has 6 nitrogen and oxygen atoms in total. The maximum Gasteiger partial charge on any atom is 0.294 e. The summed E-state index contributed by atoms with van der Waals surface area (Å²) in [5.74, 6) is -1.16. The highest BCUT2D eigenvalue weighted by Crippen LogP contribution is 2.27. The normalized spacial score (nSPS) is 10.2. The van der Waals surface area contributed by atoms with Gasteiger partial charge < -0.3 is 5.73 Å². The number of amides is 2. The molecule has 2 aromatic heterocycles. The molecule has 8 heteroatoms. The van der Waals surface area contributed by atoms with Crippen molar-refractivity contribution in [2.24, 2.45) is 5.73 Å².